The van der Waals surface area contributed by atoms with Gasteiger partial charge in [-0.2, -0.15) is 0 Å². The third kappa shape index (κ3) is 2.74. The van der Waals surface area contributed by atoms with Crippen molar-refractivity contribution in [3.8, 4) is 0 Å². The van der Waals surface area contributed by atoms with Crippen molar-refractivity contribution in [2.45, 2.75) is 65.2 Å². The number of thiophene rings is 1. The van der Waals surface area contributed by atoms with E-state index < -0.39 is 5.41 Å². The van der Waals surface area contributed by atoms with Gasteiger partial charge in [0.15, 0.2) is 5.78 Å². The van der Waals surface area contributed by atoms with Crippen LogP contribution in [-0.4, -0.2) is 24.1 Å². The quantitative estimate of drug-likeness (QED) is 0.346. The molecular weight excluding hydrogens is 408 g/mol. The van der Waals surface area contributed by atoms with Crippen LogP contribution in [0.1, 0.15) is 74.9 Å². The maximum atomic E-state index is 13.7. The van der Waals surface area contributed by atoms with Gasteiger partial charge in [0.25, 0.3) is 0 Å². The van der Waals surface area contributed by atoms with Crippen LogP contribution in [0.15, 0.2) is 29.7 Å². The lowest BCUT2D eigenvalue weighted by Gasteiger charge is -2.67. The summed E-state index contributed by atoms with van der Waals surface area (Å²) in [5.74, 6) is 0.408. The van der Waals surface area contributed by atoms with E-state index in [-0.39, 0.29) is 46.1 Å². The van der Waals surface area contributed by atoms with Crippen LogP contribution >= 0.6 is 11.3 Å². The van der Waals surface area contributed by atoms with Gasteiger partial charge in [0.05, 0.1) is 12.0 Å². The van der Waals surface area contributed by atoms with Crippen LogP contribution in [0.4, 0.5) is 0 Å². The molecule has 31 heavy (non-hydrogen) atoms. The molecule has 0 amide bonds. The van der Waals surface area contributed by atoms with Crippen molar-refractivity contribution in [1.82, 2.24) is 0 Å². The van der Waals surface area contributed by atoms with Gasteiger partial charge in [-0.1, -0.05) is 32.9 Å². The van der Waals surface area contributed by atoms with Crippen molar-refractivity contribution in [3.63, 3.8) is 0 Å². The Morgan fingerprint density at radius 3 is 2.77 bits per heavy atom. The largest absolute Gasteiger partial charge is 0.461 e. The van der Waals surface area contributed by atoms with Crippen molar-refractivity contribution in [1.29, 1.82) is 0 Å². The van der Waals surface area contributed by atoms with E-state index in [0.29, 0.717) is 29.9 Å². The van der Waals surface area contributed by atoms with E-state index in [2.05, 4.69) is 20.4 Å². The SMILES string of the molecule is C=C1C(=O)[C@]23CC[C@H]1CC2[C@]1(CC)CCC[C@@](C)(COC(=O)c2cccs2)C1CC3=O. The van der Waals surface area contributed by atoms with Crippen LogP contribution in [0.3, 0.4) is 0 Å². The summed E-state index contributed by atoms with van der Waals surface area (Å²) in [6.45, 7) is 8.88. The molecule has 5 saturated carbocycles. The molecule has 166 valence electrons. The minimum absolute atomic E-state index is 0.0364. The number of hydrogen-bond acceptors (Lipinski definition) is 5. The van der Waals surface area contributed by atoms with Crippen molar-refractivity contribution in [3.05, 3.63) is 34.5 Å². The summed E-state index contributed by atoms with van der Waals surface area (Å²) in [6.07, 6.45) is 7.02. The zero-order chi connectivity index (χ0) is 22.0. The zero-order valence-corrected chi connectivity index (χ0v) is 19.4. The number of carbonyl (C=O) groups excluding carboxylic acids is 3. The number of carbonyl (C=O) groups is 3. The van der Waals surface area contributed by atoms with Gasteiger partial charge in [0.2, 0.25) is 0 Å². The highest BCUT2D eigenvalue weighted by Crippen LogP contribution is 2.71. The van der Waals surface area contributed by atoms with Gasteiger partial charge in [-0.25, -0.2) is 4.79 Å². The molecule has 0 aliphatic heterocycles. The average Bonchev–Trinajstić information content (AvgIpc) is 3.31. The topological polar surface area (TPSA) is 60.4 Å². The first kappa shape index (κ1) is 21.1. The number of rotatable bonds is 4. The minimum atomic E-state index is -0.829. The van der Waals surface area contributed by atoms with Gasteiger partial charge >= 0.3 is 5.97 Å². The Labute approximate surface area is 188 Å². The van der Waals surface area contributed by atoms with Crippen LogP contribution in [0, 0.1) is 34.0 Å². The number of fused-ring (bicyclic) bond motifs is 3. The fourth-order valence-corrected chi connectivity index (χ4v) is 8.68. The monoisotopic (exact) mass is 440 g/mol. The fourth-order valence-electron chi connectivity index (χ4n) is 8.06. The highest BCUT2D eigenvalue weighted by Gasteiger charge is 2.71. The first-order chi connectivity index (χ1) is 14.8. The normalized spacial score (nSPS) is 41.6. The van der Waals surface area contributed by atoms with Crippen LogP contribution in [-0.2, 0) is 14.3 Å². The van der Waals surface area contributed by atoms with Crippen LogP contribution in [0.2, 0.25) is 0 Å². The van der Waals surface area contributed by atoms with E-state index in [1.165, 1.54) is 11.3 Å². The molecule has 0 saturated heterocycles. The second-order valence-electron chi connectivity index (χ2n) is 10.7. The van der Waals surface area contributed by atoms with E-state index in [0.717, 1.165) is 38.5 Å². The third-order valence-corrected chi connectivity index (χ3v) is 10.5. The van der Waals surface area contributed by atoms with Crippen LogP contribution < -0.4 is 0 Å². The van der Waals surface area contributed by atoms with Crippen molar-refractivity contribution in [2.75, 3.05) is 6.61 Å². The number of hydrogen-bond donors (Lipinski definition) is 0. The van der Waals surface area contributed by atoms with Crippen molar-refractivity contribution in [2.24, 2.45) is 34.0 Å². The molecule has 2 bridgehead atoms. The number of ketones is 2. The molecule has 0 aromatic carbocycles. The number of ether oxygens (including phenoxy) is 1. The Bertz CT molecular complexity index is 949. The Balaban J connectivity index is 1.49. The lowest BCUT2D eigenvalue weighted by Crippen LogP contribution is -2.67. The van der Waals surface area contributed by atoms with Gasteiger partial charge in [-0.15, -0.1) is 11.3 Å². The molecule has 2 unspecified atom stereocenters. The maximum absolute atomic E-state index is 13.7. The summed E-state index contributed by atoms with van der Waals surface area (Å²) in [4.78, 5) is 40.3. The van der Waals surface area contributed by atoms with E-state index in [1.54, 1.807) is 6.07 Å². The first-order valence-corrected chi connectivity index (χ1v) is 12.6. The molecule has 1 spiro atoms. The smallest absolute Gasteiger partial charge is 0.348 e. The van der Waals surface area contributed by atoms with Gasteiger partial charge in [-0.3, -0.25) is 9.59 Å². The molecule has 0 radical (unpaired) electrons. The Kier molecular flexibility index (Phi) is 4.85. The lowest BCUT2D eigenvalue weighted by molar-refractivity contribution is -0.193. The number of esters is 1. The summed E-state index contributed by atoms with van der Waals surface area (Å²) in [5, 5.41) is 1.88. The number of allylic oxidation sites excluding steroid dienone is 1. The molecule has 0 N–H and O–H groups in total. The summed E-state index contributed by atoms with van der Waals surface area (Å²) < 4.78 is 5.82. The van der Waals surface area contributed by atoms with Gasteiger partial charge in [-0.05, 0) is 78.7 Å². The van der Waals surface area contributed by atoms with E-state index in [4.69, 9.17) is 4.74 Å². The molecular formula is C26H32O4S. The minimum Gasteiger partial charge on any atom is -0.461 e. The molecule has 1 aromatic heterocycles. The highest BCUT2D eigenvalue weighted by atomic mass is 32.1. The average molecular weight is 441 g/mol. The second-order valence-corrected chi connectivity index (χ2v) is 11.6. The van der Waals surface area contributed by atoms with E-state index in [9.17, 15) is 14.4 Å². The molecule has 1 heterocycles. The van der Waals surface area contributed by atoms with Crippen molar-refractivity contribution < 1.29 is 19.1 Å². The molecule has 1 aromatic rings. The second kappa shape index (κ2) is 7.13. The highest BCUT2D eigenvalue weighted by molar-refractivity contribution is 7.11. The summed E-state index contributed by atoms with van der Waals surface area (Å²) in [5.41, 5.74) is -0.408. The Hall–Kier alpha value is -1.75. The summed E-state index contributed by atoms with van der Waals surface area (Å²) in [6, 6.07) is 3.64. The number of Topliss-reactive ketones (excluding diaryl/α,β-unsaturated/α-hetero) is 2. The van der Waals surface area contributed by atoms with Gasteiger partial charge < -0.3 is 4.74 Å². The van der Waals surface area contributed by atoms with Gasteiger partial charge in [0.1, 0.15) is 10.7 Å². The standard InChI is InChI=1S/C26H32O4S/c1-4-25-10-6-9-24(3,15-30-23(29)18-7-5-12-31-18)19(25)14-21(27)26-11-8-17(13-20(25)26)16(2)22(26)28/h5,7,12,17,19-20H,2,4,6,8-11,13-15H2,1,3H3/t17-,19?,20?,24-,25+,26+/m0/s1. The zero-order valence-electron chi connectivity index (χ0n) is 18.6. The predicted molar refractivity (Wildman–Crippen MR) is 120 cm³/mol. The summed E-state index contributed by atoms with van der Waals surface area (Å²) >= 11 is 1.39. The lowest BCUT2D eigenvalue weighted by atomic mass is 9.35. The first-order valence-electron chi connectivity index (χ1n) is 11.8. The molecule has 5 fully saturated rings. The van der Waals surface area contributed by atoms with Crippen LogP contribution in [0.25, 0.3) is 0 Å². The van der Waals surface area contributed by atoms with Gasteiger partial charge in [0, 0.05) is 11.8 Å². The fraction of sp³-hybridized carbons (Fsp3) is 0.654. The van der Waals surface area contributed by atoms with Crippen molar-refractivity contribution >= 4 is 28.9 Å². The molecule has 5 aliphatic rings. The predicted octanol–water partition coefficient (Wildman–Crippen LogP) is 5.62. The van der Waals surface area contributed by atoms with Crippen LogP contribution in [0.5, 0.6) is 0 Å². The molecule has 6 rings (SSSR count). The Morgan fingerprint density at radius 1 is 1.26 bits per heavy atom. The third-order valence-electron chi connectivity index (χ3n) is 9.61. The molecule has 6 atom stereocenters. The molecule has 5 aliphatic carbocycles. The molecule has 4 nitrogen and oxygen atoms in total. The van der Waals surface area contributed by atoms with E-state index in [1.807, 2.05) is 11.4 Å². The summed E-state index contributed by atoms with van der Waals surface area (Å²) in [7, 11) is 0. The molecule has 5 heteroatoms. The maximum Gasteiger partial charge on any atom is 0.348 e. The Morgan fingerprint density at radius 2 is 2.06 bits per heavy atom. The van der Waals surface area contributed by atoms with E-state index >= 15 is 0 Å².